The number of phenolic OH excluding ortho intramolecular Hbond substituents is 1. The van der Waals surface area contributed by atoms with E-state index in [2.05, 4.69) is 14.1 Å². The molecule has 1 aromatic carbocycles. The molecule has 4 rings (SSSR count). The number of Topliss-reactive ketones (excluding diaryl/α,β-unsaturated/α-hetero) is 1. The predicted octanol–water partition coefficient (Wildman–Crippen LogP) is 1.65. The maximum Gasteiger partial charge on any atom is 0.172 e. The number of phenols is 1. The van der Waals surface area contributed by atoms with Crippen molar-refractivity contribution in [2.24, 2.45) is 5.92 Å². The van der Waals surface area contributed by atoms with Crippen LogP contribution in [0.15, 0.2) is 12.1 Å². The Morgan fingerprint density at radius 1 is 1.29 bits per heavy atom. The van der Waals surface area contributed by atoms with E-state index in [0.717, 1.165) is 41.4 Å². The van der Waals surface area contributed by atoms with Crippen molar-refractivity contribution < 1.29 is 23.9 Å². The molecule has 3 aliphatic rings. The van der Waals surface area contributed by atoms with Crippen LogP contribution in [-0.2, 0) is 21.4 Å². The molecular formula is C19H26NO4+. The number of methoxy groups -OCH3 is 2. The lowest BCUT2D eigenvalue weighted by atomic mass is 9.57. The van der Waals surface area contributed by atoms with E-state index in [1.54, 1.807) is 14.2 Å². The van der Waals surface area contributed by atoms with Crippen LogP contribution in [0.1, 0.15) is 24.0 Å². The molecule has 1 saturated carbocycles. The maximum atomic E-state index is 13.3. The Hall–Kier alpha value is -1.59. The third kappa shape index (κ3) is 1.74. The van der Waals surface area contributed by atoms with Crippen LogP contribution in [0.3, 0.4) is 0 Å². The lowest BCUT2D eigenvalue weighted by molar-refractivity contribution is -0.926. The Morgan fingerprint density at radius 2 is 2.04 bits per heavy atom. The molecule has 1 aromatic rings. The summed E-state index contributed by atoms with van der Waals surface area (Å²) in [7, 11) is 7.69. The summed E-state index contributed by atoms with van der Waals surface area (Å²) >= 11 is 0. The van der Waals surface area contributed by atoms with E-state index < -0.39 is 5.41 Å². The van der Waals surface area contributed by atoms with Crippen molar-refractivity contribution in [1.82, 2.24) is 0 Å². The van der Waals surface area contributed by atoms with Crippen LogP contribution in [0.2, 0.25) is 0 Å². The van der Waals surface area contributed by atoms with Gasteiger partial charge in [-0.15, -0.1) is 0 Å². The molecule has 1 aliphatic heterocycles. The van der Waals surface area contributed by atoms with Gasteiger partial charge in [0.2, 0.25) is 0 Å². The van der Waals surface area contributed by atoms with Gasteiger partial charge in [-0.05, 0) is 18.1 Å². The molecule has 130 valence electrons. The van der Waals surface area contributed by atoms with Crippen LogP contribution in [0.5, 0.6) is 11.5 Å². The van der Waals surface area contributed by atoms with Gasteiger partial charge in [-0.2, -0.15) is 0 Å². The Labute approximate surface area is 142 Å². The first-order valence-corrected chi connectivity index (χ1v) is 8.66. The number of quaternary nitrogens is 1. The van der Waals surface area contributed by atoms with E-state index in [9.17, 15) is 9.90 Å². The first-order chi connectivity index (χ1) is 11.4. The summed E-state index contributed by atoms with van der Waals surface area (Å²) in [6, 6.07) is 4.22. The zero-order chi connectivity index (χ0) is 17.3. The third-order valence-corrected chi connectivity index (χ3v) is 6.88. The molecular weight excluding hydrogens is 306 g/mol. The molecule has 0 radical (unpaired) electrons. The highest BCUT2D eigenvalue weighted by atomic mass is 16.5. The van der Waals surface area contributed by atoms with Crippen molar-refractivity contribution in [1.29, 1.82) is 0 Å². The summed E-state index contributed by atoms with van der Waals surface area (Å²) in [5.74, 6) is 0.956. The average molecular weight is 332 g/mol. The SMILES string of the molecule is COc1ccc2c(c1O)[C@@]13CC[N+](C)(C)C(C2)C1CC(OC)C3=O. The molecule has 4 atom stereocenters. The van der Waals surface area contributed by atoms with Gasteiger partial charge >= 0.3 is 0 Å². The number of rotatable bonds is 2. The van der Waals surface area contributed by atoms with E-state index in [0.29, 0.717) is 11.8 Å². The van der Waals surface area contributed by atoms with E-state index >= 15 is 0 Å². The number of fused-ring (bicyclic) bond motifs is 1. The van der Waals surface area contributed by atoms with Crippen molar-refractivity contribution in [2.75, 3.05) is 34.9 Å². The summed E-state index contributed by atoms with van der Waals surface area (Å²) in [5, 5.41) is 10.9. The number of ether oxygens (including phenoxy) is 2. The molecule has 0 amide bonds. The van der Waals surface area contributed by atoms with Crippen LogP contribution in [0.25, 0.3) is 0 Å². The van der Waals surface area contributed by atoms with Crippen molar-refractivity contribution in [2.45, 2.75) is 36.8 Å². The number of carbonyl (C=O) groups excluding carboxylic acids is 1. The average Bonchev–Trinajstić information content (AvgIpc) is 2.85. The fourth-order valence-electron chi connectivity index (χ4n) is 5.62. The van der Waals surface area contributed by atoms with Gasteiger partial charge in [0.15, 0.2) is 17.3 Å². The number of hydrogen-bond acceptors (Lipinski definition) is 4. The van der Waals surface area contributed by atoms with Gasteiger partial charge in [0, 0.05) is 31.4 Å². The van der Waals surface area contributed by atoms with Gasteiger partial charge in [-0.25, -0.2) is 0 Å². The van der Waals surface area contributed by atoms with Crippen molar-refractivity contribution >= 4 is 5.78 Å². The summed E-state index contributed by atoms with van der Waals surface area (Å²) in [4.78, 5) is 13.3. The molecule has 0 spiro atoms. The fourth-order valence-corrected chi connectivity index (χ4v) is 5.62. The second kappa shape index (κ2) is 4.96. The third-order valence-electron chi connectivity index (χ3n) is 6.88. The zero-order valence-electron chi connectivity index (χ0n) is 14.8. The van der Waals surface area contributed by atoms with Crippen molar-refractivity contribution in [3.8, 4) is 11.5 Å². The monoisotopic (exact) mass is 332 g/mol. The molecule has 2 fully saturated rings. The van der Waals surface area contributed by atoms with Crippen LogP contribution in [0.4, 0.5) is 0 Å². The number of piperidine rings is 1. The number of ketones is 1. The normalized spacial score (nSPS) is 36.2. The molecule has 24 heavy (non-hydrogen) atoms. The molecule has 3 unspecified atom stereocenters. The molecule has 5 heteroatoms. The second-order valence-corrected chi connectivity index (χ2v) is 8.08. The fraction of sp³-hybridized carbons (Fsp3) is 0.632. The number of likely N-dealkylation sites (tertiary alicyclic amines) is 1. The number of nitrogens with zero attached hydrogens (tertiary/aromatic N) is 1. The van der Waals surface area contributed by atoms with Gasteiger partial charge in [-0.3, -0.25) is 4.79 Å². The minimum Gasteiger partial charge on any atom is -0.504 e. The summed E-state index contributed by atoms with van der Waals surface area (Å²) in [5.41, 5.74) is 1.28. The molecule has 2 aliphatic carbocycles. The molecule has 1 saturated heterocycles. The van der Waals surface area contributed by atoms with Gasteiger partial charge in [0.1, 0.15) is 6.10 Å². The van der Waals surface area contributed by atoms with E-state index in [-0.39, 0.29) is 23.6 Å². The number of likely N-dealkylation sites (N-methyl/N-ethyl adjacent to an activating group) is 1. The molecule has 5 nitrogen and oxygen atoms in total. The Balaban J connectivity index is 1.99. The molecule has 1 N–H and O–H groups in total. The minimum absolute atomic E-state index is 0.143. The second-order valence-electron chi connectivity index (χ2n) is 8.08. The van der Waals surface area contributed by atoms with Crippen molar-refractivity contribution in [3.63, 3.8) is 0 Å². The Bertz CT molecular complexity index is 714. The zero-order valence-corrected chi connectivity index (χ0v) is 14.8. The number of carbonyl (C=O) groups is 1. The Morgan fingerprint density at radius 3 is 2.71 bits per heavy atom. The smallest absolute Gasteiger partial charge is 0.172 e. The first-order valence-electron chi connectivity index (χ1n) is 8.66. The highest BCUT2D eigenvalue weighted by Gasteiger charge is 2.67. The number of benzene rings is 1. The molecule has 0 aromatic heterocycles. The Kier molecular flexibility index (Phi) is 3.29. The summed E-state index contributed by atoms with van der Waals surface area (Å²) < 4.78 is 11.8. The lowest BCUT2D eigenvalue weighted by Crippen LogP contribution is -2.66. The van der Waals surface area contributed by atoms with Crippen molar-refractivity contribution in [3.05, 3.63) is 23.3 Å². The molecule has 1 heterocycles. The summed E-state index contributed by atoms with van der Waals surface area (Å²) in [6.45, 7) is 0.930. The highest BCUT2D eigenvalue weighted by Crippen LogP contribution is 2.60. The van der Waals surface area contributed by atoms with E-state index in [1.165, 1.54) is 0 Å². The quantitative estimate of drug-likeness (QED) is 0.837. The van der Waals surface area contributed by atoms with E-state index in [1.807, 2.05) is 12.1 Å². The minimum atomic E-state index is -0.620. The van der Waals surface area contributed by atoms with Crippen LogP contribution in [0, 0.1) is 5.92 Å². The number of aromatic hydroxyl groups is 1. The molecule has 2 bridgehead atoms. The van der Waals surface area contributed by atoms with Crippen LogP contribution >= 0.6 is 0 Å². The van der Waals surface area contributed by atoms with Crippen LogP contribution in [-0.4, -0.2) is 62.4 Å². The maximum absolute atomic E-state index is 13.3. The van der Waals surface area contributed by atoms with E-state index in [4.69, 9.17) is 9.47 Å². The first kappa shape index (κ1) is 15.9. The lowest BCUT2D eigenvalue weighted by Gasteiger charge is -2.55. The van der Waals surface area contributed by atoms with Crippen LogP contribution < -0.4 is 4.74 Å². The topological polar surface area (TPSA) is 55.8 Å². The largest absolute Gasteiger partial charge is 0.504 e. The van der Waals surface area contributed by atoms with Gasteiger partial charge < -0.3 is 19.1 Å². The van der Waals surface area contributed by atoms with Gasteiger partial charge in [0.25, 0.3) is 0 Å². The standard InChI is InChI=1S/C19H25NO4/c1-20(2)8-7-19-12(10-15(24-4)18(19)22)13(20)9-11-5-6-14(23-3)17(21)16(11)19/h5-6,12-13,15H,7-10H2,1-4H3/p+1/t12?,13?,15?,19-/m1/s1. The summed E-state index contributed by atoms with van der Waals surface area (Å²) in [6.07, 6.45) is 2.02. The van der Waals surface area contributed by atoms with Gasteiger partial charge in [0.05, 0.1) is 39.2 Å². The van der Waals surface area contributed by atoms with Gasteiger partial charge in [-0.1, -0.05) is 6.07 Å². The highest BCUT2D eigenvalue weighted by molar-refractivity contribution is 5.98. The predicted molar refractivity (Wildman–Crippen MR) is 89.3 cm³/mol. The number of hydrogen-bond donors (Lipinski definition) is 1.